The number of carbonyl (C=O) groups excluding carboxylic acids is 1. The number of aryl methyl sites for hydroxylation is 1. The molecule has 1 aromatic carbocycles. The largest absolute Gasteiger partial charge is 0.373 e. The summed E-state index contributed by atoms with van der Waals surface area (Å²) in [5.74, 6) is -0.0549. The summed E-state index contributed by atoms with van der Waals surface area (Å²) in [7, 11) is 1.85. The lowest BCUT2D eigenvalue weighted by Crippen LogP contribution is -2.51. The van der Waals surface area contributed by atoms with E-state index in [9.17, 15) is 4.79 Å². The van der Waals surface area contributed by atoms with Gasteiger partial charge in [-0.1, -0.05) is 18.2 Å². The number of para-hydroxylation sites is 1. The summed E-state index contributed by atoms with van der Waals surface area (Å²) in [6.45, 7) is 3.51. The summed E-state index contributed by atoms with van der Waals surface area (Å²) in [6.07, 6.45) is -0.113. The second-order valence-corrected chi connectivity index (χ2v) is 5.51. The highest BCUT2D eigenvalue weighted by Gasteiger charge is 2.29. The van der Waals surface area contributed by atoms with Gasteiger partial charge in [0.15, 0.2) is 5.69 Å². The zero-order valence-corrected chi connectivity index (χ0v) is 12.3. The Morgan fingerprint density at radius 1 is 1.48 bits per heavy atom. The van der Waals surface area contributed by atoms with Crippen LogP contribution in [-0.2, 0) is 11.8 Å². The zero-order chi connectivity index (χ0) is 15.0. The van der Waals surface area contributed by atoms with Crippen LogP contribution in [0.2, 0.25) is 0 Å². The molecule has 3 rings (SSSR count). The van der Waals surface area contributed by atoms with Gasteiger partial charge >= 0.3 is 0 Å². The van der Waals surface area contributed by atoms with Gasteiger partial charge in [0.1, 0.15) is 0 Å². The Morgan fingerprint density at radius 2 is 2.24 bits per heavy atom. The summed E-state index contributed by atoms with van der Waals surface area (Å²) >= 11 is 0. The lowest BCUT2D eigenvalue weighted by atomic mass is 10.1. The third-order valence-corrected chi connectivity index (χ3v) is 3.93. The Hall–Kier alpha value is -1.92. The van der Waals surface area contributed by atoms with Crippen LogP contribution in [0.5, 0.6) is 0 Å². The summed E-state index contributed by atoms with van der Waals surface area (Å²) < 4.78 is 7.35. The molecule has 1 fully saturated rings. The molecule has 1 saturated heterocycles. The van der Waals surface area contributed by atoms with Crippen LogP contribution in [0.4, 0.5) is 0 Å². The first-order valence-corrected chi connectivity index (χ1v) is 7.16. The van der Waals surface area contributed by atoms with Crippen molar-refractivity contribution in [3.8, 4) is 0 Å². The van der Waals surface area contributed by atoms with Gasteiger partial charge in [0, 0.05) is 31.6 Å². The number of ether oxygens (including phenoxy) is 1. The Morgan fingerprint density at radius 3 is 3.00 bits per heavy atom. The van der Waals surface area contributed by atoms with Crippen LogP contribution >= 0.6 is 0 Å². The molecule has 2 aromatic rings. The van der Waals surface area contributed by atoms with Crippen LogP contribution in [0.15, 0.2) is 24.3 Å². The first-order valence-electron chi connectivity index (χ1n) is 7.16. The molecule has 0 spiro atoms. The van der Waals surface area contributed by atoms with Crippen molar-refractivity contribution in [1.82, 2.24) is 14.7 Å². The van der Waals surface area contributed by atoms with Gasteiger partial charge in [-0.2, -0.15) is 5.10 Å². The van der Waals surface area contributed by atoms with Gasteiger partial charge in [0.25, 0.3) is 5.91 Å². The van der Waals surface area contributed by atoms with E-state index >= 15 is 0 Å². The highest BCUT2D eigenvalue weighted by atomic mass is 16.5. The average Bonchev–Trinajstić information content (AvgIpc) is 2.84. The minimum Gasteiger partial charge on any atom is -0.373 e. The molecule has 0 bridgehead atoms. The lowest BCUT2D eigenvalue weighted by molar-refractivity contribution is -0.0301. The minimum absolute atomic E-state index is 0.0549. The molecule has 6 nitrogen and oxygen atoms in total. The van der Waals surface area contributed by atoms with Gasteiger partial charge in [0.05, 0.1) is 18.2 Å². The first-order chi connectivity index (χ1) is 10.1. The third-order valence-electron chi connectivity index (χ3n) is 3.93. The molecule has 1 aliphatic heterocycles. The molecule has 112 valence electrons. The standard InChI is InChI=1S/C15H20N4O2/c1-10(16)13-9-19(7-8-21-13)15(20)14-11-5-3-4-6-12(11)18(2)17-14/h3-6,10,13H,7-9,16H2,1-2H3. The number of aromatic nitrogens is 2. The third kappa shape index (κ3) is 2.52. The molecule has 2 N–H and O–H groups in total. The van der Waals surface area contributed by atoms with E-state index < -0.39 is 0 Å². The fraction of sp³-hybridized carbons (Fsp3) is 0.467. The summed E-state index contributed by atoms with van der Waals surface area (Å²) in [5.41, 5.74) is 7.34. The van der Waals surface area contributed by atoms with E-state index in [0.29, 0.717) is 25.4 Å². The van der Waals surface area contributed by atoms with Crippen LogP contribution in [0.1, 0.15) is 17.4 Å². The molecule has 0 radical (unpaired) electrons. The number of carbonyl (C=O) groups is 1. The molecular formula is C15H20N4O2. The summed E-state index contributed by atoms with van der Waals surface area (Å²) in [4.78, 5) is 14.5. The van der Waals surface area contributed by atoms with Gasteiger partial charge in [-0.05, 0) is 13.0 Å². The van der Waals surface area contributed by atoms with Crippen molar-refractivity contribution in [2.45, 2.75) is 19.1 Å². The van der Waals surface area contributed by atoms with E-state index in [1.54, 1.807) is 9.58 Å². The molecule has 2 heterocycles. The van der Waals surface area contributed by atoms with E-state index in [4.69, 9.17) is 10.5 Å². The van der Waals surface area contributed by atoms with Crippen molar-refractivity contribution in [2.24, 2.45) is 12.8 Å². The Kier molecular flexibility index (Phi) is 3.65. The molecule has 1 aliphatic rings. The molecular weight excluding hydrogens is 268 g/mol. The normalized spacial score (nSPS) is 20.7. The predicted octanol–water partition coefficient (Wildman–Crippen LogP) is 0.761. The maximum absolute atomic E-state index is 12.7. The molecule has 21 heavy (non-hydrogen) atoms. The van der Waals surface area contributed by atoms with Crippen molar-refractivity contribution in [3.05, 3.63) is 30.0 Å². The fourth-order valence-electron chi connectivity index (χ4n) is 2.70. The second-order valence-electron chi connectivity index (χ2n) is 5.51. The summed E-state index contributed by atoms with van der Waals surface area (Å²) in [6, 6.07) is 7.66. The number of hydrogen-bond donors (Lipinski definition) is 1. The monoisotopic (exact) mass is 288 g/mol. The van der Waals surface area contributed by atoms with Crippen LogP contribution in [-0.4, -0.2) is 52.4 Å². The van der Waals surface area contributed by atoms with Gasteiger partial charge in [-0.15, -0.1) is 0 Å². The number of fused-ring (bicyclic) bond motifs is 1. The number of rotatable bonds is 2. The van der Waals surface area contributed by atoms with Crippen molar-refractivity contribution in [1.29, 1.82) is 0 Å². The molecule has 2 unspecified atom stereocenters. The molecule has 1 amide bonds. The van der Waals surface area contributed by atoms with Crippen molar-refractivity contribution < 1.29 is 9.53 Å². The number of nitrogens with zero attached hydrogens (tertiary/aromatic N) is 3. The maximum Gasteiger partial charge on any atom is 0.275 e. The first kappa shape index (κ1) is 14.0. The smallest absolute Gasteiger partial charge is 0.275 e. The van der Waals surface area contributed by atoms with Crippen LogP contribution in [0.25, 0.3) is 10.9 Å². The molecule has 2 atom stereocenters. The molecule has 6 heteroatoms. The Balaban J connectivity index is 1.90. The van der Waals surface area contributed by atoms with E-state index in [1.165, 1.54) is 0 Å². The summed E-state index contributed by atoms with van der Waals surface area (Å²) in [5, 5.41) is 5.27. The topological polar surface area (TPSA) is 73.4 Å². The van der Waals surface area contributed by atoms with Crippen LogP contribution in [0.3, 0.4) is 0 Å². The van der Waals surface area contributed by atoms with Crippen molar-refractivity contribution in [3.63, 3.8) is 0 Å². The molecule has 0 aliphatic carbocycles. The quantitative estimate of drug-likeness (QED) is 0.885. The molecule has 1 aromatic heterocycles. The van der Waals surface area contributed by atoms with Crippen LogP contribution in [0, 0.1) is 0 Å². The predicted molar refractivity (Wildman–Crippen MR) is 80.0 cm³/mol. The maximum atomic E-state index is 12.7. The van der Waals surface area contributed by atoms with E-state index in [-0.39, 0.29) is 18.1 Å². The van der Waals surface area contributed by atoms with E-state index in [2.05, 4.69) is 5.10 Å². The Labute approximate surface area is 123 Å². The fourth-order valence-corrected chi connectivity index (χ4v) is 2.70. The second kappa shape index (κ2) is 5.46. The molecule has 0 saturated carbocycles. The number of hydrogen-bond acceptors (Lipinski definition) is 4. The van der Waals surface area contributed by atoms with E-state index in [1.807, 2.05) is 38.2 Å². The number of benzene rings is 1. The Bertz CT molecular complexity index is 665. The van der Waals surface area contributed by atoms with Gasteiger partial charge in [0.2, 0.25) is 0 Å². The lowest BCUT2D eigenvalue weighted by Gasteiger charge is -2.34. The highest BCUT2D eigenvalue weighted by molar-refractivity contribution is 6.04. The average molecular weight is 288 g/mol. The van der Waals surface area contributed by atoms with Crippen LogP contribution < -0.4 is 5.73 Å². The van der Waals surface area contributed by atoms with E-state index in [0.717, 1.165) is 10.9 Å². The zero-order valence-electron chi connectivity index (χ0n) is 12.3. The minimum atomic E-state index is -0.113. The van der Waals surface area contributed by atoms with Gasteiger partial charge in [-0.3, -0.25) is 9.48 Å². The number of morpholine rings is 1. The SMILES string of the molecule is CC(N)C1CN(C(=O)c2nn(C)c3ccccc23)CCO1. The van der Waals surface area contributed by atoms with Gasteiger partial charge < -0.3 is 15.4 Å². The highest BCUT2D eigenvalue weighted by Crippen LogP contribution is 2.20. The van der Waals surface area contributed by atoms with Crippen molar-refractivity contribution in [2.75, 3.05) is 19.7 Å². The number of amides is 1. The number of nitrogens with two attached hydrogens (primary N) is 1. The van der Waals surface area contributed by atoms with Gasteiger partial charge in [-0.25, -0.2) is 0 Å². The van der Waals surface area contributed by atoms with Crippen molar-refractivity contribution >= 4 is 16.8 Å².